The minimum Gasteiger partial charge on any atom is -0.384 e. The van der Waals surface area contributed by atoms with Crippen LogP contribution in [0.15, 0.2) is 30.3 Å². The van der Waals surface area contributed by atoms with E-state index in [1.54, 1.807) is 6.07 Å². The van der Waals surface area contributed by atoms with Crippen molar-refractivity contribution in [2.24, 2.45) is 0 Å². The number of aromatic nitrogens is 2. The molecular weight excluding hydrogens is 198 g/mol. The van der Waals surface area contributed by atoms with Gasteiger partial charge in [0.15, 0.2) is 0 Å². The largest absolute Gasteiger partial charge is 0.384 e. The maximum absolute atomic E-state index is 5.74. The van der Waals surface area contributed by atoms with Crippen molar-refractivity contribution in [1.82, 2.24) is 9.97 Å². The number of nitrogens with two attached hydrogens (primary N) is 1. The van der Waals surface area contributed by atoms with E-state index in [2.05, 4.69) is 34.2 Å². The normalized spacial score (nSPS) is 17.7. The first kappa shape index (κ1) is 9.33. The Labute approximate surface area is 94.4 Å². The second-order valence-corrected chi connectivity index (χ2v) is 4.25. The lowest BCUT2D eigenvalue weighted by Crippen LogP contribution is -2.21. The van der Waals surface area contributed by atoms with E-state index >= 15 is 0 Å². The molecular formula is C13H13N3. The zero-order valence-corrected chi connectivity index (χ0v) is 9.14. The van der Waals surface area contributed by atoms with E-state index in [1.165, 1.54) is 11.1 Å². The van der Waals surface area contributed by atoms with Gasteiger partial charge in [-0.1, -0.05) is 24.3 Å². The van der Waals surface area contributed by atoms with Crippen molar-refractivity contribution in [2.45, 2.75) is 19.3 Å². The van der Waals surface area contributed by atoms with Gasteiger partial charge < -0.3 is 5.73 Å². The summed E-state index contributed by atoms with van der Waals surface area (Å²) >= 11 is 0. The highest BCUT2D eigenvalue weighted by Crippen LogP contribution is 2.38. The second-order valence-electron chi connectivity index (χ2n) is 4.25. The first-order chi connectivity index (χ1) is 7.74. The molecule has 1 heterocycles. The molecule has 1 unspecified atom stereocenters. The molecule has 0 radical (unpaired) electrons. The number of hydrogen-bond donors (Lipinski definition) is 1. The molecule has 2 aromatic rings. The van der Waals surface area contributed by atoms with Crippen LogP contribution >= 0.6 is 0 Å². The van der Waals surface area contributed by atoms with Gasteiger partial charge in [0.25, 0.3) is 0 Å². The van der Waals surface area contributed by atoms with Gasteiger partial charge in [-0.2, -0.15) is 0 Å². The third-order valence-electron chi connectivity index (χ3n) is 3.06. The Morgan fingerprint density at radius 2 is 2.06 bits per heavy atom. The average molecular weight is 211 g/mol. The maximum atomic E-state index is 5.74. The lowest BCUT2D eigenvalue weighted by molar-refractivity contribution is 0.658. The van der Waals surface area contributed by atoms with E-state index < -0.39 is 0 Å². The maximum Gasteiger partial charge on any atom is 0.138 e. The first-order valence-corrected chi connectivity index (χ1v) is 5.43. The highest BCUT2D eigenvalue weighted by Gasteiger charge is 2.29. The van der Waals surface area contributed by atoms with Crippen molar-refractivity contribution < 1.29 is 0 Å². The molecule has 0 saturated heterocycles. The smallest absolute Gasteiger partial charge is 0.138 e. The number of aryl methyl sites for hydroxylation is 1. The van der Waals surface area contributed by atoms with Crippen LogP contribution in [0.4, 0.5) is 5.82 Å². The molecule has 0 amide bonds. The summed E-state index contributed by atoms with van der Waals surface area (Å²) in [5.41, 5.74) is 9.42. The summed E-state index contributed by atoms with van der Waals surface area (Å²) in [4.78, 5) is 8.79. The average Bonchev–Trinajstić information content (AvgIpc) is 2.18. The van der Waals surface area contributed by atoms with E-state index in [1.807, 2.05) is 6.92 Å². The van der Waals surface area contributed by atoms with Crippen LogP contribution in [0.2, 0.25) is 0 Å². The summed E-state index contributed by atoms with van der Waals surface area (Å²) in [5, 5.41) is 0. The quantitative estimate of drug-likeness (QED) is 0.785. The van der Waals surface area contributed by atoms with Crippen LogP contribution in [-0.4, -0.2) is 9.97 Å². The number of fused-ring (bicyclic) bond motifs is 1. The molecule has 3 heteroatoms. The molecule has 1 atom stereocenters. The molecule has 0 fully saturated rings. The fourth-order valence-corrected chi connectivity index (χ4v) is 2.26. The number of nitrogen functional groups attached to an aromatic ring is 1. The number of rotatable bonds is 1. The molecule has 1 aliphatic carbocycles. The Morgan fingerprint density at radius 3 is 2.81 bits per heavy atom. The molecule has 0 bridgehead atoms. The third-order valence-corrected chi connectivity index (χ3v) is 3.06. The van der Waals surface area contributed by atoms with Gasteiger partial charge in [0.05, 0.1) is 0 Å². The zero-order valence-electron chi connectivity index (χ0n) is 9.14. The number of benzene rings is 1. The topological polar surface area (TPSA) is 51.8 Å². The molecule has 0 aliphatic heterocycles. The van der Waals surface area contributed by atoms with Gasteiger partial charge in [0.1, 0.15) is 11.6 Å². The van der Waals surface area contributed by atoms with Crippen LogP contribution in [0.3, 0.4) is 0 Å². The van der Waals surface area contributed by atoms with Gasteiger partial charge in [0, 0.05) is 17.7 Å². The molecule has 1 aromatic carbocycles. The molecule has 2 N–H and O–H groups in total. The van der Waals surface area contributed by atoms with E-state index in [4.69, 9.17) is 5.73 Å². The second kappa shape index (κ2) is 3.30. The summed E-state index contributed by atoms with van der Waals surface area (Å²) in [7, 11) is 0. The van der Waals surface area contributed by atoms with Gasteiger partial charge in [-0.05, 0) is 24.5 Å². The summed E-state index contributed by atoms with van der Waals surface area (Å²) in [5.74, 6) is 1.75. The summed E-state index contributed by atoms with van der Waals surface area (Å²) in [6.07, 6.45) is 1.03. The van der Waals surface area contributed by atoms with Crippen LogP contribution in [0.5, 0.6) is 0 Å². The predicted molar refractivity (Wildman–Crippen MR) is 63.2 cm³/mol. The standard InChI is InChI=1S/C13H13N3/c1-8-6-12(14)16-13(15-8)11-7-9-4-2-3-5-10(9)11/h2-6,11H,7H2,1H3,(H2,14,15,16). The summed E-state index contributed by atoms with van der Waals surface area (Å²) < 4.78 is 0. The first-order valence-electron chi connectivity index (χ1n) is 5.43. The van der Waals surface area contributed by atoms with Gasteiger partial charge in [-0.3, -0.25) is 0 Å². The van der Waals surface area contributed by atoms with Crippen LogP contribution in [0.1, 0.15) is 28.6 Å². The van der Waals surface area contributed by atoms with Crippen molar-refractivity contribution >= 4 is 5.82 Å². The Hall–Kier alpha value is -1.90. The SMILES string of the molecule is Cc1cc(N)nc(C2Cc3ccccc32)n1. The molecule has 3 rings (SSSR count). The third kappa shape index (κ3) is 1.36. The molecule has 16 heavy (non-hydrogen) atoms. The molecule has 1 aliphatic rings. The number of anilines is 1. The Bertz CT molecular complexity index is 528. The van der Waals surface area contributed by atoms with Crippen molar-refractivity contribution in [3.63, 3.8) is 0 Å². The Balaban J connectivity index is 2.02. The molecule has 80 valence electrons. The summed E-state index contributed by atoms with van der Waals surface area (Å²) in [6.45, 7) is 1.95. The van der Waals surface area contributed by atoms with Crippen LogP contribution in [-0.2, 0) is 6.42 Å². The monoisotopic (exact) mass is 211 g/mol. The zero-order chi connectivity index (χ0) is 11.1. The van der Waals surface area contributed by atoms with E-state index in [-0.39, 0.29) is 0 Å². The predicted octanol–water partition coefficient (Wildman–Crippen LogP) is 2.06. The lowest BCUT2D eigenvalue weighted by atomic mass is 9.77. The highest BCUT2D eigenvalue weighted by molar-refractivity contribution is 5.45. The van der Waals surface area contributed by atoms with Crippen molar-refractivity contribution in [1.29, 1.82) is 0 Å². The van der Waals surface area contributed by atoms with E-state index in [0.29, 0.717) is 11.7 Å². The van der Waals surface area contributed by atoms with Crippen molar-refractivity contribution in [2.75, 3.05) is 5.73 Å². The van der Waals surface area contributed by atoms with Crippen LogP contribution in [0, 0.1) is 6.92 Å². The Kier molecular flexibility index (Phi) is 1.93. The number of nitrogens with zero attached hydrogens (tertiary/aromatic N) is 2. The lowest BCUT2D eigenvalue weighted by Gasteiger charge is -2.28. The Morgan fingerprint density at radius 1 is 1.25 bits per heavy atom. The van der Waals surface area contributed by atoms with Gasteiger partial charge >= 0.3 is 0 Å². The fraction of sp³-hybridized carbons (Fsp3) is 0.231. The van der Waals surface area contributed by atoms with E-state index in [9.17, 15) is 0 Å². The van der Waals surface area contributed by atoms with Gasteiger partial charge in [-0.25, -0.2) is 9.97 Å². The fourth-order valence-electron chi connectivity index (χ4n) is 2.26. The minimum absolute atomic E-state index is 0.332. The highest BCUT2D eigenvalue weighted by atomic mass is 15.0. The van der Waals surface area contributed by atoms with Gasteiger partial charge in [0.2, 0.25) is 0 Å². The molecule has 1 aromatic heterocycles. The molecule has 3 nitrogen and oxygen atoms in total. The molecule has 0 saturated carbocycles. The number of hydrogen-bond acceptors (Lipinski definition) is 3. The summed E-state index contributed by atoms with van der Waals surface area (Å²) in [6, 6.07) is 10.2. The van der Waals surface area contributed by atoms with Gasteiger partial charge in [-0.15, -0.1) is 0 Å². The van der Waals surface area contributed by atoms with Crippen molar-refractivity contribution in [3.8, 4) is 0 Å². The van der Waals surface area contributed by atoms with Crippen LogP contribution in [0.25, 0.3) is 0 Å². The van der Waals surface area contributed by atoms with Crippen LogP contribution < -0.4 is 5.73 Å². The molecule has 0 spiro atoms. The van der Waals surface area contributed by atoms with E-state index in [0.717, 1.165) is 17.9 Å². The van der Waals surface area contributed by atoms with Crippen molar-refractivity contribution in [3.05, 3.63) is 53.0 Å². The minimum atomic E-state index is 0.332.